The van der Waals surface area contributed by atoms with Gasteiger partial charge >= 0.3 is 0 Å². The number of carbonyl (C=O) groups excluding carboxylic acids is 5. The third-order valence-electron chi connectivity index (χ3n) is 26.2. The van der Waals surface area contributed by atoms with E-state index < -0.39 is 0 Å². The van der Waals surface area contributed by atoms with Crippen molar-refractivity contribution in [2.45, 2.75) is 46.0 Å². The van der Waals surface area contributed by atoms with Crippen molar-refractivity contribution < 1.29 is 29.1 Å². The van der Waals surface area contributed by atoms with Gasteiger partial charge in [-0.15, -0.1) is 0 Å². The molecule has 6 fully saturated rings. The molecule has 0 bridgehead atoms. The molecule has 1 N–H and O–H groups in total. The first-order chi connectivity index (χ1) is 68.5. The van der Waals surface area contributed by atoms with Crippen LogP contribution in [-0.2, 0) is 36.8 Å². The number of aromatic hydroxyl groups is 1. The average Bonchev–Trinajstić information content (AvgIpc) is 0.783. The number of halogens is 6. The molecular weight excluding hydrogens is 1900 g/mol. The number of phenols is 1. The SMILES string of the molecule is C=CC(=O)N1CCN(c2ncnc3cc(-c4ccc(Cl)cc4)c(Cl)cc23)CC1.C=CC(=O)N1CCN(c2ncnc3cc(-c4cccc(CC)c4)c(Cl)cc23)CC1.C=CC(=O)N1CCN(c2ncnc3cc(-c4cccc(O)c4)c(Cl)cc23)CC1.C=CC(=O)N1CCN(c2ncnc3cc(-c4ccccc4CC)c(Cl)cc23)CC1.C=CC(=O)N1CCN(c2ncnc3cc(N4CCCCC4)c(Cl)cc23)CC1. The number of amides is 5. The molecule has 20 rings (SSSR count). The highest BCUT2D eigenvalue weighted by atomic mass is 35.5. The number of hydrogen-bond acceptors (Lipinski definition) is 22. The minimum Gasteiger partial charge on any atom is -0.508 e. The van der Waals surface area contributed by atoms with E-state index in [1.807, 2.05) is 95.9 Å². The van der Waals surface area contributed by atoms with E-state index >= 15 is 0 Å². The fourth-order valence-corrected chi connectivity index (χ4v) is 20.0. The van der Waals surface area contributed by atoms with Gasteiger partial charge in [-0.3, -0.25) is 24.0 Å². The van der Waals surface area contributed by atoms with Crippen LogP contribution in [-0.4, -0.2) is 253 Å². The molecule has 6 aliphatic heterocycles. The van der Waals surface area contributed by atoms with Gasteiger partial charge in [-0.2, -0.15) is 0 Å². The molecule has 0 spiro atoms. The molecule has 0 saturated carbocycles. The molecule has 11 heterocycles. The number of hydrogen-bond donors (Lipinski definition) is 1. The van der Waals surface area contributed by atoms with Crippen molar-refractivity contribution in [3.8, 4) is 50.3 Å². The topological polar surface area (TPSA) is 270 Å². The van der Waals surface area contributed by atoms with E-state index in [4.69, 9.17) is 69.6 Å². The Labute approximate surface area is 849 Å². The van der Waals surface area contributed by atoms with Gasteiger partial charge in [0.25, 0.3) is 0 Å². The Hall–Kier alpha value is -13.9. The van der Waals surface area contributed by atoms with Crippen LogP contribution in [0.1, 0.15) is 44.2 Å². The summed E-state index contributed by atoms with van der Waals surface area (Å²) in [6.45, 7) is 37.6. The van der Waals surface area contributed by atoms with Crippen molar-refractivity contribution in [1.29, 1.82) is 0 Å². The zero-order valence-corrected chi connectivity index (χ0v) is 83.1. The predicted octanol–water partition coefficient (Wildman–Crippen LogP) is 19.7. The Morgan fingerprint density at radius 3 is 0.943 bits per heavy atom. The van der Waals surface area contributed by atoms with Gasteiger partial charge in [-0.05, 0) is 181 Å². The summed E-state index contributed by atoms with van der Waals surface area (Å²) in [5, 5.41) is 18.3. The zero-order valence-electron chi connectivity index (χ0n) is 78.6. The lowest BCUT2D eigenvalue weighted by Gasteiger charge is -2.35. The van der Waals surface area contributed by atoms with Gasteiger partial charge in [0.05, 0.1) is 38.3 Å². The summed E-state index contributed by atoms with van der Waals surface area (Å²) in [4.78, 5) is 126. The van der Waals surface area contributed by atoms with Gasteiger partial charge < -0.3 is 59.0 Å². The highest BCUT2D eigenvalue weighted by molar-refractivity contribution is 6.37. The van der Waals surface area contributed by atoms with Crippen LogP contribution in [0.3, 0.4) is 0 Å². The second-order valence-electron chi connectivity index (χ2n) is 34.5. The maximum Gasteiger partial charge on any atom is 0.246 e. The summed E-state index contributed by atoms with van der Waals surface area (Å²) >= 11 is 39.2. The van der Waals surface area contributed by atoms with Gasteiger partial charge in [0, 0.05) is 218 Å². The molecule has 0 aliphatic carbocycles. The van der Waals surface area contributed by atoms with Crippen LogP contribution in [0, 0.1) is 0 Å². The molecule has 5 amide bonds. The van der Waals surface area contributed by atoms with Crippen molar-refractivity contribution in [1.82, 2.24) is 74.3 Å². The lowest BCUT2D eigenvalue weighted by atomic mass is 9.97. The number of rotatable bonds is 17. The monoisotopic (exact) mass is 2000 g/mol. The molecule has 0 atom stereocenters. The molecule has 722 valence electrons. The van der Waals surface area contributed by atoms with E-state index in [0.717, 1.165) is 178 Å². The number of aryl methyl sites for hydroxylation is 2. The Morgan fingerprint density at radius 1 is 0.291 bits per heavy atom. The number of aromatic nitrogens is 10. The van der Waals surface area contributed by atoms with Crippen molar-refractivity contribution in [3.05, 3.63) is 294 Å². The van der Waals surface area contributed by atoms with Gasteiger partial charge in [-0.25, -0.2) is 49.8 Å². The first-order valence-electron chi connectivity index (χ1n) is 47.0. The second kappa shape index (κ2) is 46.4. The van der Waals surface area contributed by atoms with Gasteiger partial charge in [-0.1, -0.05) is 189 Å². The van der Waals surface area contributed by atoms with E-state index in [-0.39, 0.29) is 35.3 Å². The van der Waals surface area contributed by atoms with Crippen molar-refractivity contribution >= 4 is 188 Å². The molecule has 9 aromatic carbocycles. The number of carbonyl (C=O) groups is 5. The first-order valence-corrected chi connectivity index (χ1v) is 49.3. The molecule has 33 heteroatoms. The van der Waals surface area contributed by atoms with Gasteiger partial charge in [0.2, 0.25) is 29.5 Å². The molecular formula is C108H107Cl6N21O6. The Kier molecular flexibility index (Phi) is 33.0. The second-order valence-corrected chi connectivity index (χ2v) is 36.9. The maximum absolute atomic E-state index is 11.8. The summed E-state index contributed by atoms with van der Waals surface area (Å²) in [5.41, 5.74) is 15.5. The summed E-state index contributed by atoms with van der Waals surface area (Å²) < 4.78 is 0. The van der Waals surface area contributed by atoms with E-state index in [2.05, 4.69) is 175 Å². The fraction of sp³-hybridized carbons (Fsp3) is 0.269. The summed E-state index contributed by atoms with van der Waals surface area (Å²) in [6.07, 6.45) is 20.3. The maximum atomic E-state index is 11.8. The van der Waals surface area contributed by atoms with Crippen LogP contribution in [0.25, 0.3) is 99.0 Å². The summed E-state index contributed by atoms with van der Waals surface area (Å²) in [5.74, 6) is 4.26. The quantitative estimate of drug-likeness (QED) is 0.0830. The normalized spacial score (nSPS) is 15.0. The number of benzene rings is 9. The van der Waals surface area contributed by atoms with Crippen molar-refractivity contribution in [2.75, 3.05) is 173 Å². The molecule has 141 heavy (non-hydrogen) atoms. The van der Waals surface area contributed by atoms with Crippen LogP contribution < -0.4 is 29.4 Å². The van der Waals surface area contributed by atoms with Crippen LogP contribution >= 0.6 is 69.6 Å². The van der Waals surface area contributed by atoms with Crippen molar-refractivity contribution in [3.63, 3.8) is 0 Å². The van der Waals surface area contributed by atoms with E-state index in [0.29, 0.717) is 143 Å². The van der Waals surface area contributed by atoms with Crippen LogP contribution in [0.15, 0.2) is 253 Å². The Bertz CT molecular complexity index is 7040. The third kappa shape index (κ3) is 23.2. The van der Waals surface area contributed by atoms with E-state index in [1.54, 1.807) is 69.4 Å². The molecule has 0 unspecified atom stereocenters. The minimum absolute atomic E-state index is 0.0172. The summed E-state index contributed by atoms with van der Waals surface area (Å²) in [7, 11) is 0. The highest BCUT2D eigenvalue weighted by Crippen LogP contribution is 2.43. The van der Waals surface area contributed by atoms with Gasteiger partial charge in [0.15, 0.2) is 0 Å². The minimum atomic E-state index is -0.0500. The summed E-state index contributed by atoms with van der Waals surface area (Å²) in [6, 6.07) is 51.0. The molecule has 6 aliphatic rings. The Balaban J connectivity index is 0.000000127. The van der Waals surface area contributed by atoms with Crippen LogP contribution in [0.5, 0.6) is 5.75 Å². The average molecular weight is 2010 g/mol. The number of nitrogens with zero attached hydrogens (tertiary/aromatic N) is 21. The zero-order chi connectivity index (χ0) is 98.9. The predicted molar refractivity (Wildman–Crippen MR) is 571 cm³/mol. The number of phenolic OH excluding ortho intramolecular Hbond substituents is 1. The molecule has 0 radical (unpaired) electrons. The number of fused-ring (bicyclic) bond motifs is 5. The molecule has 27 nitrogen and oxygen atoms in total. The number of anilines is 6. The van der Waals surface area contributed by atoms with Crippen molar-refractivity contribution in [2.24, 2.45) is 0 Å². The van der Waals surface area contributed by atoms with Gasteiger partial charge in [0.1, 0.15) is 66.5 Å². The van der Waals surface area contributed by atoms with Crippen LogP contribution in [0.4, 0.5) is 34.8 Å². The molecule has 6 saturated heterocycles. The largest absolute Gasteiger partial charge is 0.508 e. The third-order valence-corrected chi connectivity index (χ3v) is 28.0. The first kappa shape index (κ1) is 100. The molecule has 5 aromatic heterocycles. The fourth-order valence-electron chi connectivity index (χ4n) is 18.5. The van der Waals surface area contributed by atoms with Crippen LogP contribution in [0.2, 0.25) is 30.1 Å². The van der Waals surface area contributed by atoms with E-state index in [1.165, 1.54) is 60.8 Å². The standard InChI is InChI=1S/2C23H23ClN4O.C21H18Cl2N4O.C21H19ClN4O2.C20H24ClN5O/c1-3-16-6-5-7-17(12-16)18-14-21-19(13-20(18)24)23(26-15-25-21)28-10-8-27(9-11-28)22(29)4-2;1-3-16-7-5-6-8-17(16)18-14-21-19(13-20(18)24)23(26-15-25-21)28-11-9-27(10-12-28)22(29)4-2;1-2-20(28)26-7-9-27(10-8-26)21-17-11-18(23)16(12-19(17)24-13-25-21)14-3-5-15(22)6-4-14;1-2-20(28)25-6-8-26(9-7-25)21-17-11-18(22)16(12-19(17)23-13-24-21)14-4-3-5-15(27)10-14;1-2-19(27)25-8-10-26(11-9-25)20-15-12-16(21)18(13-17(15)22-14-23-20)24-6-4-3-5-7-24/h4-7,12-15H,2-3,8-11H2,1H3;4-8,13-15H,2-3,9-12H2,1H3;2-6,11-13H,1,7-10H2;2-5,10-13,27H,1,6-9H2;2,12-14H,1,3-11H2. The highest BCUT2D eigenvalue weighted by Gasteiger charge is 2.31. The van der Waals surface area contributed by atoms with E-state index in [9.17, 15) is 29.1 Å². The molecule has 14 aromatic rings. The number of piperidine rings is 1. The number of piperazine rings is 5. The smallest absolute Gasteiger partial charge is 0.246 e. The Morgan fingerprint density at radius 2 is 0.603 bits per heavy atom. The lowest BCUT2D eigenvalue weighted by molar-refractivity contribution is -0.127. The lowest BCUT2D eigenvalue weighted by Crippen LogP contribution is -2.48.